The molecule has 1 rings (SSSR count). The molecule has 0 aliphatic heterocycles. The van der Waals surface area contributed by atoms with Gasteiger partial charge in [0, 0.05) is 5.56 Å². The van der Waals surface area contributed by atoms with Gasteiger partial charge in [-0.3, -0.25) is 4.79 Å². The van der Waals surface area contributed by atoms with Gasteiger partial charge < -0.3 is 10.4 Å². The fourth-order valence-electron chi connectivity index (χ4n) is 1.82. The minimum Gasteiger partial charge on any atom is -0.480 e. The van der Waals surface area contributed by atoms with Crippen LogP contribution in [0.5, 0.6) is 0 Å². The Morgan fingerprint density at radius 2 is 1.84 bits per heavy atom. The number of hydrogen-bond acceptors (Lipinski definition) is 2. The highest BCUT2D eigenvalue weighted by atomic mass is 16.4. The van der Waals surface area contributed by atoms with Crippen LogP contribution in [-0.2, 0) is 4.79 Å². The van der Waals surface area contributed by atoms with Crippen molar-refractivity contribution >= 4 is 11.9 Å². The maximum atomic E-state index is 12.0. The van der Waals surface area contributed by atoms with Gasteiger partial charge in [-0.2, -0.15) is 0 Å². The third-order valence-electron chi connectivity index (χ3n) is 3.08. The summed E-state index contributed by atoms with van der Waals surface area (Å²) in [4.78, 5) is 23.1. The van der Waals surface area contributed by atoms with Crippen molar-refractivity contribution in [3.05, 3.63) is 34.9 Å². The van der Waals surface area contributed by atoms with Gasteiger partial charge in [0.05, 0.1) is 0 Å². The van der Waals surface area contributed by atoms with Crippen molar-refractivity contribution in [2.75, 3.05) is 0 Å². The van der Waals surface area contributed by atoms with Crippen molar-refractivity contribution in [3.8, 4) is 0 Å². The fraction of sp³-hybridized carbons (Fsp3) is 0.467. The number of aliphatic carboxylic acids is 1. The predicted octanol–water partition coefficient (Wildman–Crippen LogP) is 2.53. The van der Waals surface area contributed by atoms with E-state index in [2.05, 4.69) is 5.32 Å². The summed E-state index contributed by atoms with van der Waals surface area (Å²) in [7, 11) is 0. The van der Waals surface area contributed by atoms with Crippen LogP contribution in [0.25, 0.3) is 0 Å². The topological polar surface area (TPSA) is 66.4 Å². The van der Waals surface area contributed by atoms with Gasteiger partial charge in [-0.05, 0) is 49.4 Å². The molecule has 4 heteroatoms. The Morgan fingerprint density at radius 1 is 1.21 bits per heavy atom. The lowest BCUT2D eigenvalue weighted by molar-refractivity contribution is -0.139. The van der Waals surface area contributed by atoms with Crippen molar-refractivity contribution < 1.29 is 14.7 Å². The lowest BCUT2D eigenvalue weighted by Crippen LogP contribution is -2.41. The van der Waals surface area contributed by atoms with E-state index in [-0.39, 0.29) is 11.8 Å². The minimum absolute atomic E-state index is 0.209. The van der Waals surface area contributed by atoms with Crippen LogP contribution >= 0.6 is 0 Å². The largest absolute Gasteiger partial charge is 0.480 e. The zero-order valence-electron chi connectivity index (χ0n) is 11.9. The molecule has 0 radical (unpaired) electrons. The summed E-state index contributed by atoms with van der Waals surface area (Å²) in [6.07, 6.45) is 0.423. The molecule has 0 aliphatic carbocycles. The number of carboxylic acid groups (broad SMARTS) is 1. The van der Waals surface area contributed by atoms with Crippen molar-refractivity contribution in [2.24, 2.45) is 5.92 Å². The third kappa shape index (κ3) is 4.39. The molecule has 0 fully saturated rings. The average molecular weight is 263 g/mol. The standard InChI is InChI=1S/C15H21NO3/c1-9(2)7-13(15(18)19)16-14(17)12-6-5-10(3)11(4)8-12/h5-6,8-9,13H,7H2,1-4H3,(H,16,17)(H,18,19). The van der Waals surface area contributed by atoms with E-state index in [1.165, 1.54) is 0 Å². The van der Waals surface area contributed by atoms with E-state index in [1.807, 2.05) is 33.8 Å². The van der Waals surface area contributed by atoms with E-state index >= 15 is 0 Å². The summed E-state index contributed by atoms with van der Waals surface area (Å²) in [5.74, 6) is -1.12. The zero-order chi connectivity index (χ0) is 14.6. The second-order valence-corrected chi connectivity index (χ2v) is 5.29. The molecule has 1 amide bonds. The molecular formula is C15H21NO3. The first kappa shape index (κ1) is 15.2. The van der Waals surface area contributed by atoms with Gasteiger partial charge in [-0.1, -0.05) is 19.9 Å². The lowest BCUT2D eigenvalue weighted by atomic mass is 10.0. The summed E-state index contributed by atoms with van der Waals surface area (Å²) in [6, 6.07) is 4.52. The second-order valence-electron chi connectivity index (χ2n) is 5.29. The third-order valence-corrected chi connectivity index (χ3v) is 3.08. The van der Waals surface area contributed by atoms with Crippen LogP contribution in [0, 0.1) is 19.8 Å². The number of rotatable bonds is 5. The Hall–Kier alpha value is -1.84. The number of nitrogens with one attached hydrogen (secondary N) is 1. The van der Waals surface area contributed by atoms with E-state index < -0.39 is 12.0 Å². The Kier molecular flexibility index (Phi) is 5.10. The van der Waals surface area contributed by atoms with Gasteiger partial charge in [0.2, 0.25) is 0 Å². The van der Waals surface area contributed by atoms with E-state index in [9.17, 15) is 9.59 Å². The van der Waals surface area contributed by atoms with Gasteiger partial charge >= 0.3 is 5.97 Å². The first-order chi connectivity index (χ1) is 8.81. The smallest absolute Gasteiger partial charge is 0.326 e. The molecule has 1 aromatic rings. The molecule has 0 aromatic heterocycles. The molecule has 1 atom stereocenters. The highest BCUT2D eigenvalue weighted by Gasteiger charge is 2.21. The number of carbonyl (C=O) groups is 2. The summed E-state index contributed by atoms with van der Waals surface area (Å²) < 4.78 is 0. The summed E-state index contributed by atoms with van der Waals surface area (Å²) in [5.41, 5.74) is 2.62. The fourth-order valence-corrected chi connectivity index (χ4v) is 1.82. The van der Waals surface area contributed by atoms with Gasteiger partial charge in [0.1, 0.15) is 6.04 Å². The second kappa shape index (κ2) is 6.36. The molecule has 0 spiro atoms. The summed E-state index contributed by atoms with van der Waals surface area (Å²) in [6.45, 7) is 7.75. The molecule has 104 valence electrons. The Labute approximate surface area is 113 Å². The van der Waals surface area contributed by atoms with Gasteiger partial charge in [0.25, 0.3) is 5.91 Å². The van der Waals surface area contributed by atoms with Crippen LogP contribution in [0.2, 0.25) is 0 Å². The SMILES string of the molecule is Cc1ccc(C(=O)NC(CC(C)C)C(=O)O)cc1C. The first-order valence-corrected chi connectivity index (χ1v) is 6.42. The number of amides is 1. The van der Waals surface area contributed by atoms with Gasteiger partial charge in [-0.25, -0.2) is 4.79 Å². The molecule has 0 aliphatic rings. The predicted molar refractivity (Wildman–Crippen MR) is 74.3 cm³/mol. The first-order valence-electron chi connectivity index (χ1n) is 6.42. The average Bonchev–Trinajstić information content (AvgIpc) is 2.31. The van der Waals surface area contributed by atoms with E-state index in [0.29, 0.717) is 12.0 Å². The van der Waals surface area contributed by atoms with E-state index in [1.54, 1.807) is 12.1 Å². The monoisotopic (exact) mass is 263 g/mol. The quantitative estimate of drug-likeness (QED) is 0.858. The van der Waals surface area contributed by atoms with Gasteiger partial charge in [0.15, 0.2) is 0 Å². The van der Waals surface area contributed by atoms with Crippen molar-refractivity contribution in [1.29, 1.82) is 0 Å². The summed E-state index contributed by atoms with van der Waals surface area (Å²) >= 11 is 0. The zero-order valence-corrected chi connectivity index (χ0v) is 11.9. The van der Waals surface area contributed by atoms with Crippen LogP contribution in [0.1, 0.15) is 41.8 Å². The Balaban J connectivity index is 2.81. The maximum absolute atomic E-state index is 12.0. The molecule has 4 nitrogen and oxygen atoms in total. The Bertz CT molecular complexity index is 480. The van der Waals surface area contributed by atoms with E-state index in [0.717, 1.165) is 11.1 Å². The van der Waals surface area contributed by atoms with Gasteiger partial charge in [-0.15, -0.1) is 0 Å². The van der Waals surface area contributed by atoms with Crippen molar-refractivity contribution in [3.63, 3.8) is 0 Å². The minimum atomic E-state index is -0.995. The number of aryl methyl sites for hydroxylation is 2. The number of benzene rings is 1. The summed E-state index contributed by atoms with van der Waals surface area (Å²) in [5, 5.41) is 11.7. The molecule has 0 saturated carbocycles. The van der Waals surface area contributed by atoms with Crippen molar-refractivity contribution in [1.82, 2.24) is 5.32 Å². The van der Waals surface area contributed by atoms with Crippen LogP contribution in [0.15, 0.2) is 18.2 Å². The maximum Gasteiger partial charge on any atom is 0.326 e. The number of hydrogen-bond donors (Lipinski definition) is 2. The Morgan fingerprint density at radius 3 is 2.32 bits per heavy atom. The molecule has 0 heterocycles. The van der Waals surface area contributed by atoms with Crippen LogP contribution in [0.4, 0.5) is 0 Å². The normalized spacial score (nSPS) is 12.3. The van der Waals surface area contributed by atoms with E-state index in [4.69, 9.17) is 5.11 Å². The molecular weight excluding hydrogens is 242 g/mol. The molecule has 19 heavy (non-hydrogen) atoms. The highest BCUT2D eigenvalue weighted by molar-refractivity contribution is 5.96. The van der Waals surface area contributed by atoms with Crippen LogP contribution in [0.3, 0.4) is 0 Å². The van der Waals surface area contributed by atoms with Crippen LogP contribution < -0.4 is 5.32 Å². The molecule has 2 N–H and O–H groups in total. The molecule has 1 unspecified atom stereocenters. The highest BCUT2D eigenvalue weighted by Crippen LogP contribution is 2.11. The number of carbonyl (C=O) groups excluding carboxylic acids is 1. The molecule has 0 saturated heterocycles. The van der Waals surface area contributed by atoms with Crippen LogP contribution in [-0.4, -0.2) is 23.0 Å². The lowest BCUT2D eigenvalue weighted by Gasteiger charge is -2.16. The molecule has 0 bridgehead atoms. The van der Waals surface area contributed by atoms with Crippen molar-refractivity contribution in [2.45, 2.75) is 40.2 Å². The number of carboxylic acids is 1. The molecule has 1 aromatic carbocycles.